The van der Waals surface area contributed by atoms with Crippen molar-refractivity contribution in [1.82, 2.24) is 10.1 Å². The molecule has 0 aliphatic rings. The zero-order valence-electron chi connectivity index (χ0n) is 16.0. The summed E-state index contributed by atoms with van der Waals surface area (Å²) < 4.78 is 38.8. The molecule has 8 nitrogen and oxygen atoms in total. The molecule has 3 rings (SSSR count). The lowest BCUT2D eigenvalue weighted by Crippen LogP contribution is -2.07. The molecule has 0 aliphatic heterocycles. The summed E-state index contributed by atoms with van der Waals surface area (Å²) in [5, 5.41) is 3.91. The fourth-order valence-electron chi connectivity index (χ4n) is 2.66. The molecule has 0 saturated carbocycles. The third kappa shape index (κ3) is 5.64. The van der Waals surface area contributed by atoms with Gasteiger partial charge in [-0.3, -0.25) is 0 Å². The van der Waals surface area contributed by atoms with Crippen LogP contribution >= 0.6 is 0 Å². The predicted octanol–water partition coefficient (Wildman–Crippen LogP) is 3.04. The molecular weight excluding hydrogens is 396 g/mol. The van der Waals surface area contributed by atoms with Gasteiger partial charge in [-0.05, 0) is 36.8 Å². The number of aromatic nitrogens is 2. The molecule has 0 N–H and O–H groups in total. The van der Waals surface area contributed by atoms with E-state index in [2.05, 4.69) is 10.1 Å². The van der Waals surface area contributed by atoms with Crippen LogP contribution < -0.4 is 4.74 Å². The summed E-state index contributed by atoms with van der Waals surface area (Å²) in [7, 11) is -3.20. The first-order valence-electron chi connectivity index (χ1n) is 8.84. The number of rotatable bonds is 8. The van der Waals surface area contributed by atoms with Crippen LogP contribution in [0.25, 0.3) is 11.4 Å². The number of hydrogen-bond acceptors (Lipinski definition) is 8. The maximum absolute atomic E-state index is 12.3. The first kappa shape index (κ1) is 20.5. The number of benzene rings is 2. The molecule has 152 valence electrons. The van der Waals surface area contributed by atoms with Crippen molar-refractivity contribution >= 4 is 15.8 Å². The number of sulfone groups is 1. The molecule has 0 saturated heterocycles. The van der Waals surface area contributed by atoms with Gasteiger partial charge >= 0.3 is 5.97 Å². The monoisotopic (exact) mass is 416 g/mol. The van der Waals surface area contributed by atoms with E-state index >= 15 is 0 Å². The Kier molecular flexibility index (Phi) is 6.28. The van der Waals surface area contributed by atoms with E-state index in [-0.39, 0.29) is 23.8 Å². The summed E-state index contributed by atoms with van der Waals surface area (Å²) in [6, 6.07) is 13.6. The normalized spacial score (nSPS) is 11.2. The zero-order valence-corrected chi connectivity index (χ0v) is 16.8. The molecule has 0 spiro atoms. The van der Waals surface area contributed by atoms with Crippen molar-refractivity contribution in [2.45, 2.75) is 19.3 Å². The van der Waals surface area contributed by atoms with Crippen LogP contribution in [0.3, 0.4) is 0 Å². The first-order valence-corrected chi connectivity index (χ1v) is 10.9. The standard InChI is InChI=1S/C20H20N2O6S/c1-3-26-17-10-5-4-9-16(17)19-21-18(28-22-19)12-27-20(23)15-8-6-7-14(11-15)13-29(2,24)25/h4-11H,3,12-13H2,1-2H3. The Morgan fingerprint density at radius 2 is 1.93 bits per heavy atom. The van der Waals surface area contributed by atoms with Crippen LogP contribution in [0.15, 0.2) is 53.1 Å². The fraction of sp³-hybridized carbons (Fsp3) is 0.250. The summed E-state index contributed by atoms with van der Waals surface area (Å²) in [5.41, 5.74) is 1.42. The Hall–Kier alpha value is -3.20. The van der Waals surface area contributed by atoms with Gasteiger partial charge in [-0.15, -0.1) is 0 Å². The van der Waals surface area contributed by atoms with Gasteiger partial charge in [0.2, 0.25) is 5.82 Å². The van der Waals surface area contributed by atoms with Gasteiger partial charge < -0.3 is 14.0 Å². The Labute approximate surface area is 168 Å². The highest BCUT2D eigenvalue weighted by Gasteiger charge is 2.16. The quantitative estimate of drug-likeness (QED) is 0.516. The van der Waals surface area contributed by atoms with Crippen molar-refractivity contribution in [2.24, 2.45) is 0 Å². The Morgan fingerprint density at radius 1 is 1.14 bits per heavy atom. The van der Waals surface area contributed by atoms with E-state index in [4.69, 9.17) is 14.0 Å². The van der Waals surface area contributed by atoms with Crippen LogP contribution in [0.5, 0.6) is 5.75 Å². The smallest absolute Gasteiger partial charge is 0.338 e. The molecule has 9 heteroatoms. The minimum Gasteiger partial charge on any atom is -0.493 e. The molecule has 0 fully saturated rings. The lowest BCUT2D eigenvalue weighted by molar-refractivity contribution is 0.0429. The minimum atomic E-state index is -3.20. The minimum absolute atomic E-state index is 0.131. The van der Waals surface area contributed by atoms with E-state index in [1.165, 1.54) is 6.07 Å². The number of para-hydroxylation sites is 1. The lowest BCUT2D eigenvalue weighted by atomic mass is 10.1. The number of nitrogens with zero attached hydrogens (tertiary/aromatic N) is 2. The summed E-state index contributed by atoms with van der Waals surface area (Å²) in [6.07, 6.45) is 1.13. The maximum Gasteiger partial charge on any atom is 0.338 e. The highest BCUT2D eigenvalue weighted by atomic mass is 32.2. The lowest BCUT2D eigenvalue weighted by Gasteiger charge is -2.06. The maximum atomic E-state index is 12.3. The molecule has 0 amide bonds. The average Bonchev–Trinajstić information content (AvgIpc) is 3.14. The van der Waals surface area contributed by atoms with E-state index in [0.717, 1.165) is 6.26 Å². The van der Waals surface area contributed by atoms with Crippen LogP contribution in [0.1, 0.15) is 28.7 Å². The van der Waals surface area contributed by atoms with Gasteiger partial charge in [0, 0.05) is 6.26 Å². The van der Waals surface area contributed by atoms with E-state index in [1.54, 1.807) is 30.3 Å². The highest BCUT2D eigenvalue weighted by molar-refractivity contribution is 7.89. The Balaban J connectivity index is 1.67. The van der Waals surface area contributed by atoms with E-state index in [1.807, 2.05) is 19.1 Å². The second-order valence-electron chi connectivity index (χ2n) is 6.29. The number of carbonyl (C=O) groups excluding carboxylic acids is 1. The second-order valence-corrected chi connectivity index (χ2v) is 8.43. The average molecular weight is 416 g/mol. The van der Waals surface area contributed by atoms with E-state index in [0.29, 0.717) is 29.3 Å². The van der Waals surface area contributed by atoms with Crippen molar-refractivity contribution in [2.75, 3.05) is 12.9 Å². The summed E-state index contributed by atoms with van der Waals surface area (Å²) in [6.45, 7) is 2.17. The van der Waals surface area contributed by atoms with Gasteiger partial charge in [0.25, 0.3) is 5.89 Å². The summed E-state index contributed by atoms with van der Waals surface area (Å²) in [5.74, 6) is 0.319. The largest absolute Gasteiger partial charge is 0.493 e. The number of carbonyl (C=O) groups is 1. The third-order valence-electron chi connectivity index (χ3n) is 3.81. The van der Waals surface area contributed by atoms with Crippen molar-refractivity contribution < 1.29 is 27.2 Å². The van der Waals surface area contributed by atoms with Crippen molar-refractivity contribution in [1.29, 1.82) is 0 Å². The SMILES string of the molecule is CCOc1ccccc1-c1noc(COC(=O)c2cccc(CS(C)(=O)=O)c2)n1. The summed E-state index contributed by atoms with van der Waals surface area (Å²) in [4.78, 5) is 16.5. The van der Waals surface area contributed by atoms with Gasteiger partial charge in [0.05, 0.1) is 23.5 Å². The first-order chi connectivity index (χ1) is 13.9. The van der Waals surface area contributed by atoms with Crippen LogP contribution in [0.4, 0.5) is 0 Å². The van der Waals surface area contributed by atoms with Crippen molar-refractivity contribution in [3.63, 3.8) is 0 Å². The molecule has 3 aromatic rings. The van der Waals surface area contributed by atoms with Crippen molar-refractivity contribution in [3.8, 4) is 17.1 Å². The molecule has 29 heavy (non-hydrogen) atoms. The molecule has 1 aromatic heterocycles. The number of ether oxygens (including phenoxy) is 2. The highest BCUT2D eigenvalue weighted by Crippen LogP contribution is 2.27. The van der Waals surface area contributed by atoms with Gasteiger partial charge in [0.1, 0.15) is 5.75 Å². The summed E-state index contributed by atoms with van der Waals surface area (Å²) >= 11 is 0. The molecule has 0 atom stereocenters. The molecule has 0 radical (unpaired) electrons. The van der Waals surface area contributed by atoms with Gasteiger partial charge in [0.15, 0.2) is 16.4 Å². The Morgan fingerprint density at radius 3 is 2.69 bits per heavy atom. The van der Waals surface area contributed by atoms with E-state index < -0.39 is 15.8 Å². The van der Waals surface area contributed by atoms with Crippen LogP contribution in [0, 0.1) is 0 Å². The number of esters is 1. The zero-order chi connectivity index (χ0) is 20.9. The van der Waals surface area contributed by atoms with Crippen molar-refractivity contribution in [3.05, 3.63) is 65.5 Å². The fourth-order valence-corrected chi connectivity index (χ4v) is 3.44. The van der Waals surface area contributed by atoms with Gasteiger partial charge in [-0.2, -0.15) is 4.98 Å². The second kappa shape index (κ2) is 8.87. The topological polar surface area (TPSA) is 109 Å². The predicted molar refractivity (Wildman–Crippen MR) is 105 cm³/mol. The van der Waals surface area contributed by atoms with Crippen LogP contribution in [-0.4, -0.2) is 37.4 Å². The molecule has 0 unspecified atom stereocenters. The third-order valence-corrected chi connectivity index (χ3v) is 4.67. The van der Waals surface area contributed by atoms with Gasteiger partial charge in [-0.25, -0.2) is 13.2 Å². The number of hydrogen-bond donors (Lipinski definition) is 0. The molecule has 0 aliphatic carbocycles. The van der Waals surface area contributed by atoms with E-state index in [9.17, 15) is 13.2 Å². The van der Waals surface area contributed by atoms with Gasteiger partial charge in [-0.1, -0.05) is 29.4 Å². The van der Waals surface area contributed by atoms with Crippen LogP contribution in [0.2, 0.25) is 0 Å². The molecule has 0 bridgehead atoms. The Bertz CT molecular complexity index is 1110. The molecule has 1 heterocycles. The molecule has 2 aromatic carbocycles. The van der Waals surface area contributed by atoms with Crippen LogP contribution in [-0.2, 0) is 26.9 Å². The molecular formula is C20H20N2O6S.